The molecular formula is C25H25F3N2O2S. The molecule has 1 amide bonds. The minimum atomic E-state index is -4.51. The van der Waals surface area contributed by atoms with Crippen LogP contribution in [0.1, 0.15) is 55.5 Å². The van der Waals surface area contributed by atoms with Crippen LogP contribution in [0.5, 0.6) is 0 Å². The number of nitrogens with one attached hydrogen (secondary N) is 2. The summed E-state index contributed by atoms with van der Waals surface area (Å²) in [5.41, 5.74) is 2.33. The van der Waals surface area contributed by atoms with Crippen molar-refractivity contribution in [3.05, 3.63) is 74.3 Å². The highest BCUT2D eigenvalue weighted by molar-refractivity contribution is 7.10. The number of aryl methyl sites for hydroxylation is 1. The van der Waals surface area contributed by atoms with E-state index in [9.17, 15) is 22.8 Å². The molecule has 174 valence electrons. The van der Waals surface area contributed by atoms with Crippen LogP contribution in [0.25, 0.3) is 0 Å². The standard InChI is InChI=1S/C25H25F3N2O2S/c1-13-8-9-33-22(13)21-19(14(2)29-17-11-24(3,4)12-18(31)20(17)21)23(32)30-16-7-5-6-15(10-16)25(26,27)28/h5-10,21,29H,11-12H2,1-4H3,(H,30,32). The number of hydrogen-bond acceptors (Lipinski definition) is 4. The summed E-state index contributed by atoms with van der Waals surface area (Å²) in [7, 11) is 0. The largest absolute Gasteiger partial charge is 0.416 e. The summed E-state index contributed by atoms with van der Waals surface area (Å²) in [5.74, 6) is -1.10. The van der Waals surface area contributed by atoms with Gasteiger partial charge >= 0.3 is 6.18 Å². The first kappa shape index (κ1) is 23.3. The quantitative estimate of drug-likeness (QED) is 0.548. The summed E-state index contributed by atoms with van der Waals surface area (Å²) in [6.45, 7) is 7.78. The maximum absolute atomic E-state index is 13.4. The summed E-state index contributed by atoms with van der Waals surface area (Å²) in [5, 5.41) is 7.82. The molecule has 1 aliphatic heterocycles. The Morgan fingerprint density at radius 3 is 2.55 bits per heavy atom. The molecule has 2 heterocycles. The number of dihydropyridines is 1. The molecule has 0 fully saturated rings. The number of amides is 1. The van der Waals surface area contributed by atoms with Gasteiger partial charge < -0.3 is 10.6 Å². The average molecular weight is 475 g/mol. The molecule has 2 aromatic rings. The summed E-state index contributed by atoms with van der Waals surface area (Å²) in [6.07, 6.45) is -3.47. The normalized spacial score (nSPS) is 20.5. The number of Topliss-reactive ketones (excluding diaryl/α,β-unsaturated/α-hetero) is 1. The van der Waals surface area contributed by atoms with Gasteiger partial charge in [-0.05, 0) is 60.9 Å². The lowest BCUT2D eigenvalue weighted by molar-refractivity contribution is -0.137. The molecule has 2 aliphatic rings. The highest BCUT2D eigenvalue weighted by atomic mass is 32.1. The van der Waals surface area contributed by atoms with Crippen molar-refractivity contribution < 1.29 is 22.8 Å². The van der Waals surface area contributed by atoms with Gasteiger partial charge in [-0.25, -0.2) is 0 Å². The molecule has 0 spiro atoms. The molecule has 1 unspecified atom stereocenters. The fourth-order valence-electron chi connectivity index (χ4n) is 4.65. The molecule has 2 N–H and O–H groups in total. The van der Waals surface area contributed by atoms with Gasteiger partial charge in [0, 0.05) is 39.5 Å². The second-order valence-electron chi connectivity index (χ2n) is 9.43. The van der Waals surface area contributed by atoms with E-state index in [1.807, 2.05) is 32.2 Å². The number of thiophene rings is 1. The van der Waals surface area contributed by atoms with Crippen LogP contribution >= 0.6 is 11.3 Å². The van der Waals surface area contributed by atoms with Crippen LogP contribution in [-0.4, -0.2) is 11.7 Å². The van der Waals surface area contributed by atoms with Crippen LogP contribution < -0.4 is 10.6 Å². The van der Waals surface area contributed by atoms with Gasteiger partial charge in [-0.15, -0.1) is 11.3 Å². The van der Waals surface area contributed by atoms with Crippen LogP contribution in [0, 0.1) is 12.3 Å². The number of allylic oxidation sites excluding steroid dienone is 3. The number of hydrogen-bond donors (Lipinski definition) is 2. The molecule has 33 heavy (non-hydrogen) atoms. The number of carbonyl (C=O) groups excluding carboxylic acids is 2. The Kier molecular flexibility index (Phi) is 5.76. The number of alkyl halides is 3. The van der Waals surface area contributed by atoms with Crippen molar-refractivity contribution in [2.75, 3.05) is 5.32 Å². The van der Waals surface area contributed by atoms with Crippen LogP contribution in [-0.2, 0) is 15.8 Å². The van der Waals surface area contributed by atoms with Crippen LogP contribution in [0.4, 0.5) is 18.9 Å². The van der Waals surface area contributed by atoms with Crippen molar-refractivity contribution in [3.8, 4) is 0 Å². The predicted octanol–water partition coefficient (Wildman–Crippen LogP) is 6.32. The van der Waals surface area contributed by atoms with Gasteiger partial charge in [0.25, 0.3) is 5.91 Å². The van der Waals surface area contributed by atoms with E-state index < -0.39 is 23.6 Å². The lowest BCUT2D eigenvalue weighted by atomic mass is 9.69. The number of rotatable bonds is 3. The van der Waals surface area contributed by atoms with Crippen molar-refractivity contribution >= 4 is 28.7 Å². The molecule has 1 aromatic heterocycles. The third-order valence-corrected chi connectivity index (χ3v) is 7.18. The zero-order valence-corrected chi connectivity index (χ0v) is 19.6. The Bertz CT molecular complexity index is 1200. The lowest BCUT2D eigenvalue weighted by Crippen LogP contribution is -2.39. The Balaban J connectivity index is 1.76. The minimum Gasteiger partial charge on any atom is -0.362 e. The molecular weight excluding hydrogens is 449 g/mol. The Hall–Kier alpha value is -2.87. The van der Waals surface area contributed by atoms with Crippen molar-refractivity contribution in [3.63, 3.8) is 0 Å². The molecule has 4 rings (SSSR count). The molecule has 1 atom stereocenters. The number of ketones is 1. The maximum atomic E-state index is 13.4. The summed E-state index contributed by atoms with van der Waals surface area (Å²) in [4.78, 5) is 27.6. The zero-order valence-electron chi connectivity index (χ0n) is 18.8. The third-order valence-electron chi connectivity index (χ3n) is 6.10. The Morgan fingerprint density at radius 2 is 1.91 bits per heavy atom. The topological polar surface area (TPSA) is 58.2 Å². The minimum absolute atomic E-state index is 0.0107. The van der Waals surface area contributed by atoms with E-state index in [0.29, 0.717) is 29.7 Å². The molecule has 0 saturated carbocycles. The Labute approximate surface area is 194 Å². The fraction of sp³-hybridized carbons (Fsp3) is 0.360. The first-order chi connectivity index (χ1) is 15.4. The second kappa shape index (κ2) is 8.17. The summed E-state index contributed by atoms with van der Waals surface area (Å²) in [6, 6.07) is 6.49. The predicted molar refractivity (Wildman–Crippen MR) is 123 cm³/mol. The molecule has 0 radical (unpaired) electrons. The van der Waals surface area contributed by atoms with Gasteiger partial charge in [0.1, 0.15) is 0 Å². The molecule has 0 saturated heterocycles. The van der Waals surface area contributed by atoms with E-state index >= 15 is 0 Å². The summed E-state index contributed by atoms with van der Waals surface area (Å²) >= 11 is 1.47. The monoisotopic (exact) mass is 474 g/mol. The van der Waals surface area contributed by atoms with Crippen LogP contribution in [0.2, 0.25) is 0 Å². The molecule has 8 heteroatoms. The molecule has 4 nitrogen and oxygen atoms in total. The Morgan fingerprint density at radius 1 is 1.18 bits per heavy atom. The first-order valence-corrected chi connectivity index (χ1v) is 11.5. The lowest BCUT2D eigenvalue weighted by Gasteiger charge is -2.39. The van der Waals surface area contributed by atoms with Crippen molar-refractivity contribution in [2.45, 2.75) is 52.6 Å². The third kappa shape index (κ3) is 4.49. The van der Waals surface area contributed by atoms with E-state index in [2.05, 4.69) is 10.6 Å². The zero-order chi connectivity index (χ0) is 24.1. The van der Waals surface area contributed by atoms with Gasteiger partial charge in [-0.2, -0.15) is 13.2 Å². The van der Waals surface area contributed by atoms with Crippen LogP contribution in [0.3, 0.4) is 0 Å². The van der Waals surface area contributed by atoms with E-state index in [4.69, 9.17) is 0 Å². The molecule has 0 bridgehead atoms. The number of halogens is 3. The SMILES string of the molecule is CC1=C(C(=O)Nc2cccc(C(F)(F)F)c2)C(c2sccc2C)C2=C(CC(C)(C)CC2=O)N1. The number of anilines is 1. The molecule has 1 aliphatic carbocycles. The average Bonchev–Trinajstić information content (AvgIpc) is 3.10. The maximum Gasteiger partial charge on any atom is 0.416 e. The van der Waals surface area contributed by atoms with E-state index in [0.717, 1.165) is 28.3 Å². The summed E-state index contributed by atoms with van der Waals surface area (Å²) < 4.78 is 39.4. The van der Waals surface area contributed by atoms with Gasteiger partial charge in [-0.1, -0.05) is 19.9 Å². The smallest absolute Gasteiger partial charge is 0.362 e. The van der Waals surface area contributed by atoms with Crippen LogP contribution in [0.15, 0.2) is 58.3 Å². The van der Waals surface area contributed by atoms with Crippen molar-refractivity contribution in [1.82, 2.24) is 5.32 Å². The number of carbonyl (C=O) groups is 2. The van der Waals surface area contributed by atoms with E-state index in [1.165, 1.54) is 23.5 Å². The van der Waals surface area contributed by atoms with Crippen molar-refractivity contribution in [2.24, 2.45) is 5.41 Å². The van der Waals surface area contributed by atoms with Gasteiger partial charge in [0.05, 0.1) is 11.5 Å². The molecule has 1 aromatic carbocycles. The highest BCUT2D eigenvalue weighted by Crippen LogP contribution is 2.48. The highest BCUT2D eigenvalue weighted by Gasteiger charge is 2.43. The van der Waals surface area contributed by atoms with Gasteiger partial charge in [0.15, 0.2) is 5.78 Å². The van der Waals surface area contributed by atoms with E-state index in [-0.39, 0.29) is 16.9 Å². The van der Waals surface area contributed by atoms with E-state index in [1.54, 1.807) is 6.92 Å². The first-order valence-electron chi connectivity index (χ1n) is 10.6. The number of benzene rings is 1. The van der Waals surface area contributed by atoms with Crippen molar-refractivity contribution in [1.29, 1.82) is 0 Å². The van der Waals surface area contributed by atoms with Gasteiger partial charge in [-0.3, -0.25) is 9.59 Å². The fourth-order valence-corrected chi connectivity index (χ4v) is 5.70. The van der Waals surface area contributed by atoms with Gasteiger partial charge in [0.2, 0.25) is 0 Å². The second-order valence-corrected chi connectivity index (χ2v) is 10.4.